The van der Waals surface area contributed by atoms with Crippen molar-refractivity contribution in [2.24, 2.45) is 0 Å². The highest BCUT2D eigenvalue weighted by molar-refractivity contribution is 7.53. The highest BCUT2D eigenvalue weighted by atomic mass is 31.2. The Kier molecular flexibility index (Phi) is 5.23. The van der Waals surface area contributed by atoms with Crippen LogP contribution in [0.1, 0.15) is 38.8 Å². The van der Waals surface area contributed by atoms with Crippen molar-refractivity contribution in [3.63, 3.8) is 0 Å². The van der Waals surface area contributed by atoms with Crippen molar-refractivity contribution >= 4 is 26.0 Å². The molecule has 0 heterocycles. The van der Waals surface area contributed by atoms with Gasteiger partial charge in [0.1, 0.15) is 5.75 Å². The summed E-state index contributed by atoms with van der Waals surface area (Å²) in [6.07, 6.45) is 0. The molecule has 144 valence electrons. The van der Waals surface area contributed by atoms with E-state index in [2.05, 4.69) is 0 Å². The predicted molar refractivity (Wildman–Crippen MR) is 101 cm³/mol. The van der Waals surface area contributed by atoms with Crippen LogP contribution in [0.2, 0.25) is 0 Å². The average Bonchev–Trinajstić information content (AvgIpc) is 2.50. The summed E-state index contributed by atoms with van der Waals surface area (Å²) in [5.74, 6) is 0.341. The zero-order chi connectivity index (χ0) is 20.1. The minimum atomic E-state index is -4.51. The summed E-state index contributed by atoms with van der Waals surface area (Å²) < 4.78 is 29.2. The van der Waals surface area contributed by atoms with E-state index >= 15 is 0 Å². The molecule has 26 heavy (non-hydrogen) atoms. The summed E-state index contributed by atoms with van der Waals surface area (Å²) >= 11 is 0. The van der Waals surface area contributed by atoms with E-state index in [1.807, 2.05) is 0 Å². The minimum absolute atomic E-state index is 0.341. The Morgan fingerprint density at radius 2 is 1.38 bits per heavy atom. The second-order valence-corrected chi connectivity index (χ2v) is 11.7. The van der Waals surface area contributed by atoms with Gasteiger partial charge in [-0.1, -0.05) is 18.2 Å². The first-order valence-corrected chi connectivity index (χ1v) is 11.1. The molecule has 2 aromatic rings. The van der Waals surface area contributed by atoms with Crippen molar-refractivity contribution < 1.29 is 33.4 Å². The first-order chi connectivity index (χ1) is 11.6. The number of hydrogen-bond acceptors (Lipinski definition) is 3. The van der Waals surface area contributed by atoms with Crippen molar-refractivity contribution in [3.05, 3.63) is 41.5 Å². The van der Waals surface area contributed by atoms with Gasteiger partial charge >= 0.3 is 15.2 Å². The molecular weight excluding hydrogens is 378 g/mol. The van der Waals surface area contributed by atoms with E-state index < -0.39 is 25.5 Å². The van der Waals surface area contributed by atoms with E-state index in [0.29, 0.717) is 27.6 Å². The van der Waals surface area contributed by atoms with Crippen molar-refractivity contribution in [2.75, 3.05) is 7.11 Å². The maximum Gasteiger partial charge on any atom is 0.335 e. The first kappa shape index (κ1) is 21.1. The lowest BCUT2D eigenvalue weighted by Gasteiger charge is -2.30. The quantitative estimate of drug-likeness (QED) is 0.563. The molecule has 0 aromatic heterocycles. The second kappa shape index (κ2) is 6.45. The molecule has 0 unspecified atom stereocenters. The third kappa shape index (κ3) is 3.36. The molecule has 0 amide bonds. The Balaban J connectivity index is 2.84. The van der Waals surface area contributed by atoms with Gasteiger partial charge < -0.3 is 24.3 Å². The van der Waals surface area contributed by atoms with Crippen LogP contribution in [-0.2, 0) is 19.4 Å². The molecule has 7 nitrogen and oxygen atoms in total. The van der Waals surface area contributed by atoms with Crippen LogP contribution in [0.5, 0.6) is 5.75 Å². The van der Waals surface area contributed by atoms with E-state index in [4.69, 9.17) is 4.74 Å². The van der Waals surface area contributed by atoms with Crippen molar-refractivity contribution in [1.29, 1.82) is 0 Å². The van der Waals surface area contributed by atoms with Crippen molar-refractivity contribution in [1.82, 2.24) is 0 Å². The Morgan fingerprint density at radius 1 is 0.846 bits per heavy atom. The number of ether oxygens (including phenoxy) is 1. The summed E-state index contributed by atoms with van der Waals surface area (Å²) in [5.41, 5.74) is 0.787. The molecule has 0 fully saturated rings. The van der Waals surface area contributed by atoms with Crippen LogP contribution in [-0.4, -0.2) is 26.7 Å². The second-order valence-electron chi connectivity index (χ2n) is 7.28. The lowest BCUT2D eigenvalue weighted by atomic mass is 9.91. The molecule has 0 atom stereocenters. The summed E-state index contributed by atoms with van der Waals surface area (Å²) in [6, 6.07) is 8.13. The first-order valence-electron chi connectivity index (χ1n) is 7.87. The van der Waals surface area contributed by atoms with E-state index in [0.717, 1.165) is 0 Å². The van der Waals surface area contributed by atoms with Crippen LogP contribution >= 0.6 is 15.2 Å². The molecule has 4 N–H and O–H groups in total. The zero-order valence-corrected chi connectivity index (χ0v) is 17.1. The zero-order valence-electron chi connectivity index (χ0n) is 15.3. The van der Waals surface area contributed by atoms with Crippen LogP contribution in [0.4, 0.5) is 0 Å². The minimum Gasteiger partial charge on any atom is -0.496 e. The fourth-order valence-corrected chi connectivity index (χ4v) is 3.80. The van der Waals surface area contributed by atoms with Crippen molar-refractivity contribution in [2.45, 2.75) is 38.0 Å². The van der Waals surface area contributed by atoms with Crippen LogP contribution in [0.15, 0.2) is 30.3 Å². The highest BCUT2D eigenvalue weighted by Gasteiger charge is 2.43. The lowest BCUT2D eigenvalue weighted by molar-refractivity contribution is 0.332. The molecule has 0 saturated heterocycles. The van der Waals surface area contributed by atoms with Gasteiger partial charge in [-0.2, -0.15) is 0 Å². The monoisotopic (exact) mass is 402 g/mol. The van der Waals surface area contributed by atoms with Gasteiger partial charge in [0.25, 0.3) is 0 Å². The summed E-state index contributed by atoms with van der Waals surface area (Å²) in [6.45, 7) is 5.80. The summed E-state index contributed by atoms with van der Waals surface area (Å²) in [5, 5.41) is -1.72. The molecule has 0 aliphatic rings. The van der Waals surface area contributed by atoms with Gasteiger partial charge in [-0.25, -0.2) is 0 Å². The largest absolute Gasteiger partial charge is 0.496 e. The average molecular weight is 402 g/mol. The standard InChI is InChI=1S/C17H24O7P2/c1-16(2,25(18,19)20)12-7-8-13-11(10-12)6-9-14(24-5)15(13)17(3,4)26(21,22)23/h6-10H,1-5H3,(H2,18,19,20)(H2,21,22,23). The van der Waals surface area contributed by atoms with Crippen LogP contribution in [0.25, 0.3) is 10.8 Å². The Bertz CT molecular complexity index is 938. The van der Waals surface area contributed by atoms with Crippen LogP contribution in [0.3, 0.4) is 0 Å². The van der Waals surface area contributed by atoms with Gasteiger partial charge in [0, 0.05) is 5.56 Å². The molecule has 0 aliphatic carbocycles. The number of hydrogen-bond donors (Lipinski definition) is 4. The Morgan fingerprint density at radius 3 is 1.85 bits per heavy atom. The number of methoxy groups -OCH3 is 1. The number of rotatable bonds is 5. The van der Waals surface area contributed by atoms with Crippen molar-refractivity contribution in [3.8, 4) is 5.75 Å². The van der Waals surface area contributed by atoms with Gasteiger partial charge in [-0.05, 0) is 56.2 Å². The van der Waals surface area contributed by atoms with Gasteiger partial charge in [0.15, 0.2) is 0 Å². The van der Waals surface area contributed by atoms with E-state index in [1.54, 1.807) is 30.3 Å². The fourth-order valence-electron chi connectivity index (χ4n) is 2.81. The fraction of sp³-hybridized carbons (Fsp3) is 0.412. The van der Waals surface area contributed by atoms with Gasteiger partial charge in [0.05, 0.1) is 17.4 Å². The highest BCUT2D eigenvalue weighted by Crippen LogP contribution is 2.60. The summed E-state index contributed by atoms with van der Waals surface area (Å²) in [4.78, 5) is 38.9. The normalized spacial score (nSPS) is 13.9. The molecule has 0 bridgehead atoms. The van der Waals surface area contributed by atoms with E-state index in [1.165, 1.54) is 34.8 Å². The number of benzene rings is 2. The van der Waals surface area contributed by atoms with Crippen LogP contribution < -0.4 is 4.74 Å². The molecule has 2 rings (SSSR count). The predicted octanol–water partition coefficient (Wildman–Crippen LogP) is 3.67. The Hall–Kier alpha value is -1.20. The molecule has 0 saturated carbocycles. The molecule has 0 radical (unpaired) electrons. The molecular formula is C17H24O7P2. The lowest BCUT2D eigenvalue weighted by Crippen LogP contribution is -2.20. The van der Waals surface area contributed by atoms with E-state index in [-0.39, 0.29) is 0 Å². The maximum absolute atomic E-state index is 12.1. The molecule has 9 heteroatoms. The van der Waals surface area contributed by atoms with E-state index in [9.17, 15) is 28.7 Å². The molecule has 2 aromatic carbocycles. The van der Waals surface area contributed by atoms with Gasteiger partial charge in [0.2, 0.25) is 0 Å². The third-order valence-corrected chi connectivity index (χ3v) is 8.37. The smallest absolute Gasteiger partial charge is 0.335 e. The topological polar surface area (TPSA) is 124 Å². The maximum atomic E-state index is 12.1. The van der Waals surface area contributed by atoms with Crippen LogP contribution in [0, 0.1) is 0 Å². The SMILES string of the molecule is COc1ccc2cc(C(C)(C)P(=O)(O)O)ccc2c1C(C)(C)P(=O)(O)O. The molecule has 0 spiro atoms. The Labute approximate surface area is 152 Å². The van der Waals surface area contributed by atoms with Gasteiger partial charge in [-0.15, -0.1) is 0 Å². The summed E-state index contributed by atoms with van der Waals surface area (Å²) in [7, 11) is -7.49. The van der Waals surface area contributed by atoms with Gasteiger partial charge in [-0.3, -0.25) is 9.13 Å². The molecule has 0 aliphatic heterocycles. The number of fused-ring (bicyclic) bond motifs is 1. The third-order valence-electron chi connectivity index (χ3n) is 4.98.